The van der Waals surface area contributed by atoms with E-state index in [1.54, 1.807) is 7.05 Å². The van der Waals surface area contributed by atoms with E-state index < -0.39 is 23.2 Å². The summed E-state index contributed by atoms with van der Waals surface area (Å²) in [6, 6.07) is 0. The van der Waals surface area contributed by atoms with Crippen LogP contribution < -0.4 is 0 Å². The first-order valence-electron chi connectivity index (χ1n) is 4.69. The van der Waals surface area contributed by atoms with Crippen molar-refractivity contribution in [2.75, 3.05) is 20.1 Å². The second kappa shape index (κ2) is 2.43. The molecule has 2 rings (SSSR count). The van der Waals surface area contributed by atoms with Crippen LogP contribution in [0.2, 0.25) is 0 Å². The molecule has 1 atom stereocenters. The summed E-state index contributed by atoms with van der Waals surface area (Å²) < 4.78 is 51.9. The molecule has 0 spiro atoms. The van der Waals surface area contributed by atoms with Gasteiger partial charge in [0.15, 0.2) is 0 Å². The van der Waals surface area contributed by atoms with Crippen LogP contribution in [-0.4, -0.2) is 36.9 Å². The summed E-state index contributed by atoms with van der Waals surface area (Å²) in [5.74, 6) is -8.20. The summed E-state index contributed by atoms with van der Waals surface area (Å²) >= 11 is 0. The maximum Gasteiger partial charge on any atom is 0.322 e. The fourth-order valence-electron chi connectivity index (χ4n) is 2.48. The van der Waals surface area contributed by atoms with Crippen LogP contribution in [-0.2, 0) is 0 Å². The van der Waals surface area contributed by atoms with Crippen molar-refractivity contribution in [3.05, 3.63) is 0 Å². The summed E-state index contributed by atoms with van der Waals surface area (Å²) in [6.45, 7) is 1.99. The van der Waals surface area contributed by atoms with Crippen LogP contribution in [0.1, 0.15) is 13.3 Å². The molecule has 0 aromatic carbocycles. The van der Waals surface area contributed by atoms with Crippen molar-refractivity contribution >= 4 is 0 Å². The Balaban J connectivity index is 2.20. The molecular weight excluding hydrogens is 198 g/mol. The van der Waals surface area contributed by atoms with E-state index in [1.165, 1.54) is 0 Å². The zero-order chi connectivity index (χ0) is 10.8. The molecule has 1 unspecified atom stereocenters. The lowest BCUT2D eigenvalue weighted by Gasteiger charge is -2.17. The third-order valence-corrected chi connectivity index (χ3v) is 3.84. The van der Waals surface area contributed by atoms with Crippen molar-refractivity contribution in [3.8, 4) is 0 Å². The van der Waals surface area contributed by atoms with Gasteiger partial charge in [0, 0.05) is 6.54 Å². The highest BCUT2D eigenvalue weighted by Gasteiger charge is 2.95. The van der Waals surface area contributed by atoms with Gasteiger partial charge >= 0.3 is 11.8 Å². The molecule has 0 N–H and O–H groups in total. The lowest BCUT2D eigenvalue weighted by Crippen LogP contribution is -2.24. The lowest BCUT2D eigenvalue weighted by molar-refractivity contribution is -0.0278. The first-order chi connectivity index (χ1) is 6.25. The first-order valence-corrected chi connectivity index (χ1v) is 4.69. The number of hydrogen-bond donors (Lipinski definition) is 0. The molecule has 14 heavy (non-hydrogen) atoms. The zero-order valence-corrected chi connectivity index (χ0v) is 8.16. The van der Waals surface area contributed by atoms with Gasteiger partial charge in [0.05, 0.1) is 0 Å². The van der Waals surface area contributed by atoms with Crippen molar-refractivity contribution in [1.82, 2.24) is 4.90 Å². The minimum absolute atomic E-state index is 0.349. The van der Waals surface area contributed by atoms with Crippen LogP contribution in [0.4, 0.5) is 17.6 Å². The fraction of sp³-hybridized carbons (Fsp3) is 1.00. The maximum absolute atomic E-state index is 13.0. The van der Waals surface area contributed by atoms with Crippen molar-refractivity contribution < 1.29 is 17.6 Å². The molecule has 1 aliphatic heterocycles. The summed E-state index contributed by atoms with van der Waals surface area (Å²) in [6.07, 6.45) is 0.443. The Hall–Kier alpha value is -0.320. The van der Waals surface area contributed by atoms with Gasteiger partial charge < -0.3 is 4.90 Å². The third kappa shape index (κ3) is 0.846. The van der Waals surface area contributed by atoms with Crippen molar-refractivity contribution in [1.29, 1.82) is 0 Å². The lowest BCUT2D eigenvalue weighted by atomic mass is 9.89. The minimum atomic E-state index is -3.81. The smallest absolute Gasteiger partial charge is 0.306 e. The Bertz CT molecular complexity index is 250. The number of alkyl halides is 4. The molecule has 0 amide bonds. The molecule has 1 saturated carbocycles. The van der Waals surface area contributed by atoms with Crippen molar-refractivity contribution in [2.45, 2.75) is 25.2 Å². The maximum atomic E-state index is 13.0. The Labute approximate surface area is 80.1 Å². The predicted octanol–water partition coefficient (Wildman–Crippen LogP) is 2.23. The number of rotatable bonds is 1. The van der Waals surface area contributed by atoms with Crippen LogP contribution in [0, 0.1) is 11.3 Å². The van der Waals surface area contributed by atoms with E-state index in [0.29, 0.717) is 19.5 Å². The summed E-state index contributed by atoms with van der Waals surface area (Å²) in [5.41, 5.74) is -2.11. The second-order valence-corrected chi connectivity index (χ2v) is 4.60. The molecule has 1 saturated heterocycles. The first kappa shape index (κ1) is 10.2. The summed E-state index contributed by atoms with van der Waals surface area (Å²) in [4.78, 5) is 1.82. The van der Waals surface area contributed by atoms with Crippen molar-refractivity contribution in [3.63, 3.8) is 0 Å². The van der Waals surface area contributed by atoms with E-state index in [1.807, 2.05) is 4.90 Å². The van der Waals surface area contributed by atoms with E-state index >= 15 is 0 Å². The van der Waals surface area contributed by atoms with E-state index in [9.17, 15) is 17.6 Å². The van der Waals surface area contributed by atoms with Crippen LogP contribution >= 0.6 is 0 Å². The Morgan fingerprint density at radius 1 is 1.14 bits per heavy atom. The predicted molar refractivity (Wildman–Crippen MR) is 43.6 cm³/mol. The van der Waals surface area contributed by atoms with Crippen molar-refractivity contribution in [2.24, 2.45) is 11.3 Å². The number of likely N-dealkylation sites (tertiary alicyclic amines) is 1. The Morgan fingerprint density at radius 2 is 1.64 bits per heavy atom. The third-order valence-electron chi connectivity index (χ3n) is 3.84. The van der Waals surface area contributed by atoms with Gasteiger partial charge in [-0.25, -0.2) is 0 Å². The van der Waals surface area contributed by atoms with Gasteiger partial charge in [-0.05, 0) is 32.9 Å². The molecule has 0 aromatic heterocycles. The topological polar surface area (TPSA) is 3.24 Å². The van der Waals surface area contributed by atoms with Crippen LogP contribution in [0.5, 0.6) is 0 Å². The normalized spacial score (nSPS) is 38.6. The van der Waals surface area contributed by atoms with Gasteiger partial charge in [-0.1, -0.05) is 0 Å². The summed E-state index contributed by atoms with van der Waals surface area (Å²) in [5, 5.41) is 0. The SMILES string of the molecule is CN1CCC(C2(C)C(F)(F)C2(F)F)C1. The molecule has 0 radical (unpaired) electrons. The van der Waals surface area contributed by atoms with Gasteiger partial charge in [-0.2, -0.15) is 17.6 Å². The van der Waals surface area contributed by atoms with E-state index in [-0.39, 0.29) is 0 Å². The van der Waals surface area contributed by atoms with Gasteiger partial charge in [0.25, 0.3) is 0 Å². The van der Waals surface area contributed by atoms with Crippen LogP contribution in [0.25, 0.3) is 0 Å². The monoisotopic (exact) mass is 211 g/mol. The fourth-order valence-corrected chi connectivity index (χ4v) is 2.48. The van der Waals surface area contributed by atoms with Gasteiger partial charge in [0.1, 0.15) is 5.41 Å². The Kier molecular flexibility index (Phi) is 1.77. The molecule has 5 heteroatoms. The highest BCUT2D eigenvalue weighted by Crippen LogP contribution is 2.76. The number of nitrogens with zero attached hydrogens (tertiary/aromatic N) is 1. The van der Waals surface area contributed by atoms with Crippen LogP contribution in [0.3, 0.4) is 0 Å². The quantitative estimate of drug-likeness (QED) is 0.601. The number of halogens is 4. The van der Waals surface area contributed by atoms with Gasteiger partial charge in [0.2, 0.25) is 0 Å². The van der Waals surface area contributed by atoms with Gasteiger partial charge in [-0.15, -0.1) is 0 Å². The van der Waals surface area contributed by atoms with E-state index in [0.717, 1.165) is 6.92 Å². The molecule has 1 aliphatic carbocycles. The highest BCUT2D eigenvalue weighted by molar-refractivity contribution is 5.26. The molecule has 82 valence electrons. The standard InChI is InChI=1S/C9H13F4N/c1-7(6-3-4-14(2)5-6)8(10,11)9(7,12)13/h6H,3-5H2,1-2H3. The minimum Gasteiger partial charge on any atom is -0.306 e. The van der Waals surface area contributed by atoms with Gasteiger partial charge in [-0.3, -0.25) is 0 Å². The van der Waals surface area contributed by atoms with E-state index in [2.05, 4.69) is 0 Å². The average Bonchev–Trinajstić information content (AvgIpc) is 2.43. The molecule has 1 heterocycles. The number of hydrogen-bond acceptors (Lipinski definition) is 1. The second-order valence-electron chi connectivity index (χ2n) is 4.60. The molecule has 1 nitrogen and oxygen atoms in total. The molecule has 2 fully saturated rings. The van der Waals surface area contributed by atoms with E-state index in [4.69, 9.17) is 0 Å². The molecular formula is C9H13F4N. The highest BCUT2D eigenvalue weighted by atomic mass is 19.3. The summed E-state index contributed by atoms with van der Waals surface area (Å²) in [7, 11) is 1.77. The largest absolute Gasteiger partial charge is 0.322 e. The van der Waals surface area contributed by atoms with Crippen LogP contribution in [0.15, 0.2) is 0 Å². The Morgan fingerprint density at radius 3 is 1.93 bits per heavy atom. The zero-order valence-electron chi connectivity index (χ0n) is 8.16. The molecule has 2 aliphatic rings. The average molecular weight is 211 g/mol. The molecule has 0 bridgehead atoms. The molecule has 0 aromatic rings.